The zero-order valence-electron chi connectivity index (χ0n) is 14.9. The van der Waals surface area contributed by atoms with Crippen LogP contribution in [0.15, 0.2) is 18.2 Å². The Labute approximate surface area is 145 Å². The molecule has 3 heteroatoms. The molecule has 0 aliphatic heterocycles. The van der Waals surface area contributed by atoms with Crippen LogP contribution in [-0.2, 0) is 16.1 Å². The maximum Gasteiger partial charge on any atom is 0.224 e. The third-order valence-corrected chi connectivity index (χ3v) is 6.59. The number of amides is 1. The van der Waals surface area contributed by atoms with Crippen molar-refractivity contribution >= 4 is 11.6 Å². The van der Waals surface area contributed by atoms with Gasteiger partial charge < -0.3 is 10.1 Å². The molecule has 4 aliphatic rings. The Kier molecular flexibility index (Phi) is 4.16. The van der Waals surface area contributed by atoms with Gasteiger partial charge in [-0.2, -0.15) is 0 Å². The fourth-order valence-electron chi connectivity index (χ4n) is 6.10. The molecule has 1 aromatic carbocycles. The molecule has 5 rings (SSSR count). The number of carbonyl (C=O) groups excluding carboxylic acids is 1. The molecule has 4 fully saturated rings. The molecule has 1 aromatic rings. The maximum absolute atomic E-state index is 12.8. The predicted octanol–water partition coefficient (Wildman–Crippen LogP) is 4.69. The second kappa shape index (κ2) is 6.18. The Morgan fingerprint density at radius 3 is 2.38 bits per heavy atom. The number of hydrogen-bond donors (Lipinski definition) is 1. The summed E-state index contributed by atoms with van der Waals surface area (Å²) in [5.41, 5.74) is 3.47. The highest BCUT2D eigenvalue weighted by molar-refractivity contribution is 5.92. The van der Waals surface area contributed by atoms with Crippen molar-refractivity contribution in [1.82, 2.24) is 0 Å². The van der Waals surface area contributed by atoms with Gasteiger partial charge in [-0.15, -0.1) is 0 Å². The molecule has 0 radical (unpaired) electrons. The maximum atomic E-state index is 12.8. The molecule has 1 amide bonds. The topological polar surface area (TPSA) is 38.3 Å². The highest BCUT2D eigenvalue weighted by atomic mass is 16.5. The van der Waals surface area contributed by atoms with E-state index in [0.717, 1.165) is 34.6 Å². The van der Waals surface area contributed by atoms with Crippen molar-refractivity contribution in [3.63, 3.8) is 0 Å². The van der Waals surface area contributed by atoms with Gasteiger partial charge in [0, 0.05) is 19.2 Å². The summed E-state index contributed by atoms with van der Waals surface area (Å²) in [6.45, 7) is 2.63. The van der Waals surface area contributed by atoms with Crippen molar-refractivity contribution < 1.29 is 9.53 Å². The minimum absolute atomic E-state index is 0.203. The fraction of sp³-hybridized carbons (Fsp3) is 0.667. The minimum atomic E-state index is 0.203. The van der Waals surface area contributed by atoms with Crippen LogP contribution in [-0.4, -0.2) is 13.0 Å². The average Bonchev–Trinajstić information content (AvgIpc) is 2.49. The average molecular weight is 327 g/mol. The molecule has 0 unspecified atom stereocenters. The first kappa shape index (κ1) is 16.1. The molecule has 4 saturated carbocycles. The molecule has 24 heavy (non-hydrogen) atoms. The van der Waals surface area contributed by atoms with Crippen molar-refractivity contribution in [3.05, 3.63) is 29.3 Å². The summed E-state index contributed by atoms with van der Waals surface area (Å²) in [6, 6.07) is 6.18. The second-order valence-corrected chi connectivity index (χ2v) is 8.72. The Morgan fingerprint density at radius 1 is 1.17 bits per heavy atom. The number of aryl methyl sites for hydroxylation is 1. The smallest absolute Gasteiger partial charge is 0.224 e. The van der Waals surface area contributed by atoms with Gasteiger partial charge in [0.2, 0.25) is 5.91 Å². The lowest BCUT2D eigenvalue weighted by Gasteiger charge is -2.56. The number of ether oxygens (including phenoxy) is 1. The Bertz CT molecular complexity index is 601. The second-order valence-electron chi connectivity index (χ2n) is 8.72. The number of nitrogens with one attached hydrogen (secondary N) is 1. The third-order valence-electron chi connectivity index (χ3n) is 6.59. The van der Waals surface area contributed by atoms with Crippen molar-refractivity contribution in [1.29, 1.82) is 0 Å². The number of methoxy groups -OCH3 is 1. The third kappa shape index (κ3) is 3.11. The van der Waals surface area contributed by atoms with E-state index in [1.807, 2.05) is 0 Å². The summed E-state index contributed by atoms with van der Waals surface area (Å²) < 4.78 is 5.21. The van der Waals surface area contributed by atoms with Gasteiger partial charge in [-0.3, -0.25) is 4.79 Å². The van der Waals surface area contributed by atoms with Crippen molar-refractivity contribution in [2.75, 3.05) is 12.4 Å². The lowest BCUT2D eigenvalue weighted by Crippen LogP contribution is -2.47. The first-order valence-electron chi connectivity index (χ1n) is 9.43. The molecular weight excluding hydrogens is 298 g/mol. The number of hydrogen-bond acceptors (Lipinski definition) is 2. The van der Waals surface area contributed by atoms with Crippen LogP contribution in [0.1, 0.15) is 56.1 Å². The zero-order valence-corrected chi connectivity index (χ0v) is 14.9. The molecule has 0 atom stereocenters. The number of benzene rings is 1. The molecule has 0 heterocycles. The predicted molar refractivity (Wildman–Crippen MR) is 95.7 cm³/mol. The molecule has 1 N–H and O–H groups in total. The van der Waals surface area contributed by atoms with E-state index in [1.54, 1.807) is 7.11 Å². The quantitative estimate of drug-likeness (QED) is 0.852. The number of rotatable bonds is 5. The van der Waals surface area contributed by atoms with Crippen LogP contribution in [0, 0.1) is 30.1 Å². The van der Waals surface area contributed by atoms with E-state index < -0.39 is 0 Å². The van der Waals surface area contributed by atoms with E-state index in [9.17, 15) is 4.79 Å². The van der Waals surface area contributed by atoms with Crippen molar-refractivity contribution in [3.8, 4) is 0 Å². The van der Waals surface area contributed by atoms with Crippen LogP contribution in [0.5, 0.6) is 0 Å². The Balaban J connectivity index is 1.45. The van der Waals surface area contributed by atoms with Crippen LogP contribution in [0.4, 0.5) is 5.69 Å². The SMILES string of the molecule is COCc1ccc(C)c(NC(=O)CC23CC4CC(CC(C4)C2)C3)c1. The first-order chi connectivity index (χ1) is 11.5. The van der Waals surface area contributed by atoms with E-state index in [-0.39, 0.29) is 5.91 Å². The van der Waals surface area contributed by atoms with Gasteiger partial charge in [-0.25, -0.2) is 0 Å². The highest BCUT2D eigenvalue weighted by Crippen LogP contribution is 2.61. The van der Waals surface area contributed by atoms with E-state index in [4.69, 9.17) is 4.74 Å². The fourth-order valence-corrected chi connectivity index (χ4v) is 6.10. The normalized spacial score (nSPS) is 33.7. The van der Waals surface area contributed by atoms with Crippen LogP contribution in [0.2, 0.25) is 0 Å². The first-order valence-corrected chi connectivity index (χ1v) is 9.43. The van der Waals surface area contributed by atoms with Gasteiger partial charge in [-0.1, -0.05) is 12.1 Å². The van der Waals surface area contributed by atoms with E-state index in [2.05, 4.69) is 30.4 Å². The lowest BCUT2D eigenvalue weighted by atomic mass is 9.49. The molecular formula is C21H29NO2. The summed E-state index contributed by atoms with van der Waals surface area (Å²) in [5.74, 6) is 2.90. The van der Waals surface area contributed by atoms with Crippen LogP contribution in [0.25, 0.3) is 0 Å². The van der Waals surface area contributed by atoms with Gasteiger partial charge in [0.1, 0.15) is 0 Å². The minimum Gasteiger partial charge on any atom is -0.380 e. The molecule has 0 saturated heterocycles. The molecule has 130 valence electrons. The summed E-state index contributed by atoms with van der Waals surface area (Å²) in [5, 5.41) is 3.19. The number of carbonyl (C=O) groups is 1. The highest BCUT2D eigenvalue weighted by Gasteiger charge is 2.51. The molecule has 4 aliphatic carbocycles. The lowest BCUT2D eigenvalue weighted by molar-refractivity contribution is -0.124. The molecule has 0 spiro atoms. The summed E-state index contributed by atoms with van der Waals surface area (Å²) >= 11 is 0. The van der Waals surface area contributed by atoms with Gasteiger partial charge in [0.25, 0.3) is 0 Å². The largest absolute Gasteiger partial charge is 0.380 e. The molecule has 3 nitrogen and oxygen atoms in total. The van der Waals surface area contributed by atoms with Crippen molar-refractivity contribution in [2.45, 2.75) is 58.5 Å². The zero-order chi connectivity index (χ0) is 16.7. The Morgan fingerprint density at radius 2 is 1.79 bits per heavy atom. The summed E-state index contributed by atoms with van der Waals surface area (Å²) in [6.07, 6.45) is 8.86. The monoisotopic (exact) mass is 327 g/mol. The Hall–Kier alpha value is -1.35. The molecule has 4 bridgehead atoms. The van der Waals surface area contributed by atoms with Gasteiger partial charge >= 0.3 is 0 Å². The summed E-state index contributed by atoms with van der Waals surface area (Å²) in [7, 11) is 1.70. The molecule has 0 aromatic heterocycles. The van der Waals surface area contributed by atoms with Gasteiger partial charge in [0.15, 0.2) is 0 Å². The number of anilines is 1. The van der Waals surface area contributed by atoms with Crippen LogP contribution in [0.3, 0.4) is 0 Å². The van der Waals surface area contributed by atoms with Gasteiger partial charge in [-0.05, 0) is 85.8 Å². The standard InChI is InChI=1S/C21H29NO2/c1-14-3-4-15(13-24-2)8-19(14)22-20(23)12-21-9-16-5-17(10-21)7-18(6-16)11-21/h3-4,8,16-18H,5-7,9-13H2,1-2H3,(H,22,23). The van der Waals surface area contributed by atoms with Crippen LogP contribution < -0.4 is 5.32 Å². The van der Waals surface area contributed by atoms with Crippen molar-refractivity contribution in [2.24, 2.45) is 23.2 Å². The van der Waals surface area contributed by atoms with E-state index in [0.29, 0.717) is 18.4 Å². The van der Waals surface area contributed by atoms with Gasteiger partial charge in [0.05, 0.1) is 6.61 Å². The van der Waals surface area contributed by atoms with Crippen LogP contribution >= 0.6 is 0 Å². The van der Waals surface area contributed by atoms with E-state index in [1.165, 1.54) is 38.5 Å². The van der Waals surface area contributed by atoms with E-state index >= 15 is 0 Å². The summed E-state index contributed by atoms with van der Waals surface area (Å²) in [4.78, 5) is 12.8.